The lowest BCUT2D eigenvalue weighted by atomic mass is 10.2. The van der Waals surface area contributed by atoms with Crippen molar-refractivity contribution in [3.63, 3.8) is 0 Å². The number of imidazole rings is 1. The first-order valence-electron chi connectivity index (χ1n) is 7.23. The van der Waals surface area contributed by atoms with E-state index in [0.717, 1.165) is 50.4 Å². The van der Waals surface area contributed by atoms with Crippen LogP contribution in [0.15, 0.2) is 16.8 Å². The quantitative estimate of drug-likeness (QED) is 0.934. The summed E-state index contributed by atoms with van der Waals surface area (Å²) in [6.45, 7) is 2.69. The molecule has 0 unspecified atom stereocenters. The molecule has 0 aliphatic carbocycles. The smallest absolute Gasteiger partial charge is 0.269 e. The standard InChI is InChI=1S/C15H20N4OS/c1-18-6-2-7-19-12(9-18)14(15(16)20)17-13(19)4-3-11-5-8-21-10-11/h5,8,10H,2-4,6-7,9H2,1H3,(H2,16,20). The molecule has 112 valence electrons. The number of hydrogen-bond donors (Lipinski definition) is 1. The second-order valence-electron chi connectivity index (χ2n) is 5.56. The molecule has 2 aromatic heterocycles. The highest BCUT2D eigenvalue weighted by molar-refractivity contribution is 7.07. The summed E-state index contributed by atoms with van der Waals surface area (Å²) in [5.74, 6) is 0.566. The van der Waals surface area contributed by atoms with E-state index in [4.69, 9.17) is 5.73 Å². The zero-order chi connectivity index (χ0) is 14.8. The van der Waals surface area contributed by atoms with Crippen LogP contribution in [0.3, 0.4) is 0 Å². The Kier molecular flexibility index (Phi) is 4.07. The predicted molar refractivity (Wildman–Crippen MR) is 83.4 cm³/mol. The highest BCUT2D eigenvalue weighted by Crippen LogP contribution is 2.20. The Balaban J connectivity index is 1.89. The van der Waals surface area contributed by atoms with Crippen LogP contribution in [0.2, 0.25) is 0 Å². The number of amides is 1. The van der Waals surface area contributed by atoms with Crippen LogP contribution in [0, 0.1) is 0 Å². The van der Waals surface area contributed by atoms with Crippen molar-refractivity contribution in [3.05, 3.63) is 39.6 Å². The van der Waals surface area contributed by atoms with Gasteiger partial charge in [-0.1, -0.05) is 0 Å². The average molecular weight is 304 g/mol. The highest BCUT2D eigenvalue weighted by Gasteiger charge is 2.23. The van der Waals surface area contributed by atoms with Gasteiger partial charge in [-0.15, -0.1) is 0 Å². The van der Waals surface area contributed by atoms with Gasteiger partial charge in [0.15, 0.2) is 5.69 Å². The number of primary amides is 1. The molecule has 0 spiro atoms. The van der Waals surface area contributed by atoms with E-state index in [0.29, 0.717) is 5.69 Å². The van der Waals surface area contributed by atoms with Crippen molar-refractivity contribution in [2.24, 2.45) is 5.73 Å². The SMILES string of the molecule is CN1CCCn2c(CCc3ccsc3)nc(C(N)=O)c2C1. The molecule has 1 amide bonds. The topological polar surface area (TPSA) is 64.2 Å². The van der Waals surface area contributed by atoms with Crippen LogP contribution < -0.4 is 5.73 Å². The molecule has 6 heteroatoms. The van der Waals surface area contributed by atoms with Crippen molar-refractivity contribution in [2.45, 2.75) is 32.4 Å². The summed E-state index contributed by atoms with van der Waals surface area (Å²) in [5.41, 5.74) is 8.25. The van der Waals surface area contributed by atoms with Crippen LogP contribution >= 0.6 is 11.3 Å². The van der Waals surface area contributed by atoms with Crippen molar-refractivity contribution in [1.82, 2.24) is 14.5 Å². The summed E-state index contributed by atoms with van der Waals surface area (Å²) in [4.78, 5) is 18.4. The second kappa shape index (κ2) is 5.99. The van der Waals surface area contributed by atoms with Gasteiger partial charge in [-0.05, 0) is 48.8 Å². The molecular weight excluding hydrogens is 284 g/mol. The molecular formula is C15H20N4OS. The van der Waals surface area contributed by atoms with E-state index in [2.05, 4.69) is 38.3 Å². The molecule has 1 aliphatic rings. The van der Waals surface area contributed by atoms with Gasteiger partial charge in [0.25, 0.3) is 5.91 Å². The number of aryl methyl sites for hydroxylation is 2. The minimum Gasteiger partial charge on any atom is -0.364 e. The minimum absolute atomic E-state index is 0.421. The van der Waals surface area contributed by atoms with Gasteiger partial charge in [-0.25, -0.2) is 4.98 Å². The largest absolute Gasteiger partial charge is 0.364 e. The lowest BCUT2D eigenvalue weighted by Gasteiger charge is -2.12. The fraction of sp³-hybridized carbons (Fsp3) is 0.467. The zero-order valence-corrected chi connectivity index (χ0v) is 13.0. The summed E-state index contributed by atoms with van der Waals surface area (Å²) in [7, 11) is 2.07. The van der Waals surface area contributed by atoms with E-state index in [1.165, 1.54) is 5.56 Å². The summed E-state index contributed by atoms with van der Waals surface area (Å²) < 4.78 is 2.20. The van der Waals surface area contributed by atoms with Crippen LogP contribution in [0.25, 0.3) is 0 Å². The number of nitrogens with zero attached hydrogens (tertiary/aromatic N) is 3. The first kappa shape index (κ1) is 14.3. The van der Waals surface area contributed by atoms with Crippen LogP contribution in [-0.4, -0.2) is 34.0 Å². The lowest BCUT2D eigenvalue weighted by Crippen LogP contribution is -2.21. The van der Waals surface area contributed by atoms with Crippen LogP contribution in [0.1, 0.15) is 34.0 Å². The molecule has 3 rings (SSSR count). The fourth-order valence-corrected chi connectivity index (χ4v) is 3.58. The fourth-order valence-electron chi connectivity index (χ4n) is 2.87. The Morgan fingerprint density at radius 1 is 1.43 bits per heavy atom. The maximum atomic E-state index is 11.7. The Morgan fingerprint density at radius 2 is 2.29 bits per heavy atom. The summed E-state index contributed by atoms with van der Waals surface area (Å²) in [6.07, 6.45) is 2.87. The number of thiophene rings is 1. The average Bonchev–Trinajstić information content (AvgIpc) is 3.01. The molecule has 0 atom stereocenters. The van der Waals surface area contributed by atoms with Gasteiger partial charge in [0, 0.05) is 19.5 Å². The Morgan fingerprint density at radius 3 is 3.00 bits per heavy atom. The predicted octanol–water partition coefficient (Wildman–Crippen LogP) is 1.66. The molecule has 21 heavy (non-hydrogen) atoms. The first-order valence-corrected chi connectivity index (χ1v) is 8.17. The molecule has 0 saturated heterocycles. The summed E-state index contributed by atoms with van der Waals surface area (Å²) in [6, 6.07) is 2.14. The molecule has 2 aromatic rings. The molecule has 0 fully saturated rings. The maximum absolute atomic E-state index is 11.7. The van der Waals surface area contributed by atoms with E-state index in [9.17, 15) is 4.79 Å². The molecule has 5 nitrogen and oxygen atoms in total. The van der Waals surface area contributed by atoms with Gasteiger partial charge in [-0.3, -0.25) is 4.79 Å². The number of nitrogens with two attached hydrogens (primary N) is 1. The number of fused-ring (bicyclic) bond motifs is 1. The highest BCUT2D eigenvalue weighted by atomic mass is 32.1. The van der Waals surface area contributed by atoms with Crippen molar-refractivity contribution in [2.75, 3.05) is 13.6 Å². The number of carbonyl (C=O) groups excluding carboxylic acids is 1. The number of rotatable bonds is 4. The van der Waals surface area contributed by atoms with Crippen LogP contribution in [0.5, 0.6) is 0 Å². The molecule has 3 heterocycles. The summed E-state index contributed by atoms with van der Waals surface area (Å²) >= 11 is 1.71. The van der Waals surface area contributed by atoms with Gasteiger partial charge in [0.2, 0.25) is 0 Å². The Labute approximate surface area is 128 Å². The van der Waals surface area contributed by atoms with Crippen LogP contribution in [0.4, 0.5) is 0 Å². The van der Waals surface area contributed by atoms with E-state index in [1.807, 2.05) is 0 Å². The van der Waals surface area contributed by atoms with Gasteiger partial charge in [0.1, 0.15) is 5.82 Å². The van der Waals surface area contributed by atoms with E-state index in [-0.39, 0.29) is 0 Å². The van der Waals surface area contributed by atoms with Gasteiger partial charge >= 0.3 is 0 Å². The maximum Gasteiger partial charge on any atom is 0.269 e. The normalized spacial score (nSPS) is 15.7. The van der Waals surface area contributed by atoms with Gasteiger partial charge in [0.05, 0.1) is 5.69 Å². The third kappa shape index (κ3) is 3.01. The Bertz CT molecular complexity index is 632. The van der Waals surface area contributed by atoms with Crippen LogP contribution in [-0.2, 0) is 25.9 Å². The third-order valence-electron chi connectivity index (χ3n) is 3.94. The van der Waals surface area contributed by atoms with E-state index < -0.39 is 5.91 Å². The van der Waals surface area contributed by atoms with Crippen molar-refractivity contribution in [3.8, 4) is 0 Å². The minimum atomic E-state index is -0.421. The van der Waals surface area contributed by atoms with E-state index >= 15 is 0 Å². The Hall–Kier alpha value is -1.66. The van der Waals surface area contributed by atoms with Gasteiger partial charge < -0.3 is 15.2 Å². The third-order valence-corrected chi connectivity index (χ3v) is 4.68. The monoisotopic (exact) mass is 304 g/mol. The zero-order valence-electron chi connectivity index (χ0n) is 12.2. The molecule has 2 N–H and O–H groups in total. The molecule has 0 radical (unpaired) electrons. The van der Waals surface area contributed by atoms with Gasteiger partial charge in [-0.2, -0.15) is 11.3 Å². The van der Waals surface area contributed by atoms with Crippen molar-refractivity contribution in [1.29, 1.82) is 0 Å². The second-order valence-corrected chi connectivity index (χ2v) is 6.34. The summed E-state index contributed by atoms with van der Waals surface area (Å²) in [5, 5.41) is 4.25. The molecule has 0 bridgehead atoms. The molecule has 0 aromatic carbocycles. The first-order chi connectivity index (χ1) is 10.1. The number of aromatic nitrogens is 2. The number of hydrogen-bond acceptors (Lipinski definition) is 4. The van der Waals surface area contributed by atoms with E-state index in [1.54, 1.807) is 11.3 Å². The van der Waals surface area contributed by atoms with Crippen molar-refractivity contribution < 1.29 is 4.79 Å². The number of carbonyl (C=O) groups is 1. The van der Waals surface area contributed by atoms with Crippen molar-refractivity contribution >= 4 is 17.2 Å². The lowest BCUT2D eigenvalue weighted by molar-refractivity contribution is 0.0994. The molecule has 1 aliphatic heterocycles. The molecule has 0 saturated carbocycles.